The SMILES string of the molecule is CC(=O)Oc1cccnc1. The summed E-state index contributed by atoms with van der Waals surface area (Å²) in [5.74, 6) is 0.156. The summed E-state index contributed by atoms with van der Waals surface area (Å²) in [6.07, 6.45) is 3.11. The minimum absolute atomic E-state index is 0.326. The topological polar surface area (TPSA) is 39.2 Å². The van der Waals surface area contributed by atoms with Gasteiger partial charge in [0.2, 0.25) is 0 Å². The van der Waals surface area contributed by atoms with Crippen LogP contribution in [0.5, 0.6) is 5.75 Å². The maximum absolute atomic E-state index is 10.4. The van der Waals surface area contributed by atoms with Crippen molar-refractivity contribution in [2.45, 2.75) is 6.92 Å². The van der Waals surface area contributed by atoms with Gasteiger partial charge >= 0.3 is 5.97 Å². The highest BCUT2D eigenvalue weighted by molar-refractivity contribution is 5.69. The van der Waals surface area contributed by atoms with E-state index in [0.29, 0.717) is 5.75 Å². The summed E-state index contributed by atoms with van der Waals surface area (Å²) in [6, 6.07) is 3.38. The second-order valence-electron chi connectivity index (χ2n) is 1.78. The zero-order valence-corrected chi connectivity index (χ0v) is 5.57. The number of pyridine rings is 1. The first-order valence-corrected chi connectivity index (χ1v) is 2.87. The lowest BCUT2D eigenvalue weighted by molar-refractivity contribution is -0.131. The Balaban J connectivity index is 2.67. The van der Waals surface area contributed by atoms with Gasteiger partial charge in [-0.3, -0.25) is 9.78 Å². The summed E-state index contributed by atoms with van der Waals surface area (Å²) in [4.78, 5) is 14.1. The Kier molecular flexibility index (Phi) is 1.99. The van der Waals surface area contributed by atoms with Crippen molar-refractivity contribution in [1.29, 1.82) is 0 Å². The molecule has 0 spiro atoms. The fourth-order valence-corrected chi connectivity index (χ4v) is 0.573. The van der Waals surface area contributed by atoms with Gasteiger partial charge in [0.1, 0.15) is 5.75 Å². The quantitative estimate of drug-likeness (QED) is 0.542. The van der Waals surface area contributed by atoms with Crippen LogP contribution in [-0.4, -0.2) is 11.0 Å². The highest BCUT2D eigenvalue weighted by atomic mass is 16.5. The average Bonchev–Trinajstić information content (AvgIpc) is 1.88. The Morgan fingerprint density at radius 2 is 2.50 bits per heavy atom. The predicted octanol–water partition coefficient (Wildman–Crippen LogP) is 1.01. The molecule has 10 heavy (non-hydrogen) atoms. The van der Waals surface area contributed by atoms with Crippen LogP contribution < -0.4 is 4.74 Å². The van der Waals surface area contributed by atoms with E-state index >= 15 is 0 Å². The van der Waals surface area contributed by atoms with Crippen LogP contribution in [-0.2, 0) is 4.79 Å². The van der Waals surface area contributed by atoms with E-state index in [4.69, 9.17) is 4.74 Å². The number of esters is 1. The molecule has 0 aliphatic rings. The largest absolute Gasteiger partial charge is 0.425 e. The highest BCUT2D eigenvalue weighted by Gasteiger charge is 1.93. The molecule has 0 saturated carbocycles. The highest BCUT2D eigenvalue weighted by Crippen LogP contribution is 2.05. The molecule has 1 aromatic heterocycles. The third-order valence-electron chi connectivity index (χ3n) is 0.896. The maximum atomic E-state index is 10.4. The molecular formula is C7H7NO2. The van der Waals surface area contributed by atoms with E-state index in [9.17, 15) is 4.79 Å². The normalized spacial score (nSPS) is 8.90. The number of rotatable bonds is 1. The van der Waals surface area contributed by atoms with Crippen LogP contribution in [0.4, 0.5) is 0 Å². The van der Waals surface area contributed by atoms with E-state index in [2.05, 4.69) is 4.98 Å². The third-order valence-corrected chi connectivity index (χ3v) is 0.896. The Labute approximate surface area is 58.7 Å². The predicted molar refractivity (Wildman–Crippen MR) is 35.5 cm³/mol. The molecule has 0 atom stereocenters. The van der Waals surface area contributed by atoms with Gasteiger partial charge in [0, 0.05) is 13.1 Å². The van der Waals surface area contributed by atoms with E-state index in [-0.39, 0.29) is 5.97 Å². The van der Waals surface area contributed by atoms with Gasteiger partial charge < -0.3 is 4.74 Å². The number of aromatic nitrogens is 1. The molecule has 1 heterocycles. The summed E-state index contributed by atoms with van der Waals surface area (Å²) < 4.78 is 4.71. The van der Waals surface area contributed by atoms with Crippen LogP contribution >= 0.6 is 0 Å². The Hall–Kier alpha value is -1.38. The van der Waals surface area contributed by atoms with Crippen molar-refractivity contribution in [3.63, 3.8) is 0 Å². The van der Waals surface area contributed by atoms with Gasteiger partial charge in [-0.2, -0.15) is 0 Å². The number of ether oxygens (including phenoxy) is 1. The zero-order chi connectivity index (χ0) is 7.40. The third kappa shape index (κ3) is 1.85. The number of carbonyl (C=O) groups excluding carboxylic acids is 1. The molecule has 52 valence electrons. The molecule has 0 aromatic carbocycles. The zero-order valence-electron chi connectivity index (χ0n) is 5.57. The molecule has 0 bridgehead atoms. The molecule has 0 unspecified atom stereocenters. The maximum Gasteiger partial charge on any atom is 0.308 e. The summed E-state index contributed by atoms with van der Waals surface area (Å²) in [7, 11) is 0. The van der Waals surface area contributed by atoms with Gasteiger partial charge in [-0.25, -0.2) is 0 Å². The molecular weight excluding hydrogens is 130 g/mol. The van der Waals surface area contributed by atoms with Crippen molar-refractivity contribution in [2.75, 3.05) is 0 Å². The first kappa shape index (κ1) is 6.74. The molecule has 3 heteroatoms. The van der Waals surface area contributed by atoms with E-state index in [0.717, 1.165) is 0 Å². The fraction of sp³-hybridized carbons (Fsp3) is 0.143. The number of hydrogen-bond donors (Lipinski definition) is 0. The molecule has 0 aliphatic carbocycles. The molecule has 0 aliphatic heterocycles. The molecule has 0 amide bonds. The first-order valence-electron chi connectivity index (χ1n) is 2.87. The summed E-state index contributed by atoms with van der Waals surface area (Å²) in [6.45, 7) is 1.35. The Morgan fingerprint density at radius 1 is 1.70 bits per heavy atom. The van der Waals surface area contributed by atoms with Crippen LogP contribution in [0, 0.1) is 0 Å². The van der Waals surface area contributed by atoms with E-state index in [1.165, 1.54) is 13.1 Å². The van der Waals surface area contributed by atoms with Crippen LogP contribution in [0.15, 0.2) is 24.5 Å². The lowest BCUT2D eigenvalue weighted by Gasteiger charge is -1.96. The minimum Gasteiger partial charge on any atom is -0.425 e. The number of carbonyl (C=O) groups is 1. The lowest BCUT2D eigenvalue weighted by atomic mass is 10.5. The van der Waals surface area contributed by atoms with Gasteiger partial charge in [-0.15, -0.1) is 0 Å². The van der Waals surface area contributed by atoms with Crippen molar-refractivity contribution < 1.29 is 9.53 Å². The summed E-state index contributed by atoms with van der Waals surface area (Å²) >= 11 is 0. The first-order chi connectivity index (χ1) is 4.79. The second-order valence-corrected chi connectivity index (χ2v) is 1.78. The summed E-state index contributed by atoms with van der Waals surface area (Å²) in [5, 5.41) is 0. The fourth-order valence-electron chi connectivity index (χ4n) is 0.573. The van der Waals surface area contributed by atoms with Crippen LogP contribution in [0.1, 0.15) is 6.92 Å². The van der Waals surface area contributed by atoms with Crippen molar-refractivity contribution in [1.82, 2.24) is 4.98 Å². The van der Waals surface area contributed by atoms with Crippen molar-refractivity contribution in [3.05, 3.63) is 24.5 Å². The van der Waals surface area contributed by atoms with E-state index < -0.39 is 0 Å². The van der Waals surface area contributed by atoms with Crippen LogP contribution in [0.25, 0.3) is 0 Å². The Morgan fingerprint density at radius 3 is 3.00 bits per heavy atom. The van der Waals surface area contributed by atoms with Crippen LogP contribution in [0.3, 0.4) is 0 Å². The lowest BCUT2D eigenvalue weighted by Crippen LogP contribution is -2.00. The van der Waals surface area contributed by atoms with Crippen molar-refractivity contribution in [2.24, 2.45) is 0 Å². The monoisotopic (exact) mass is 137 g/mol. The van der Waals surface area contributed by atoms with Crippen molar-refractivity contribution in [3.8, 4) is 5.75 Å². The van der Waals surface area contributed by atoms with Gasteiger partial charge in [-0.1, -0.05) is 0 Å². The molecule has 1 rings (SSSR count). The average molecular weight is 137 g/mol. The molecule has 0 saturated heterocycles. The summed E-state index contributed by atoms with van der Waals surface area (Å²) in [5.41, 5.74) is 0. The minimum atomic E-state index is -0.326. The smallest absolute Gasteiger partial charge is 0.308 e. The van der Waals surface area contributed by atoms with Gasteiger partial charge in [0.15, 0.2) is 0 Å². The van der Waals surface area contributed by atoms with E-state index in [1.54, 1.807) is 18.3 Å². The van der Waals surface area contributed by atoms with Crippen LogP contribution in [0.2, 0.25) is 0 Å². The molecule has 3 nitrogen and oxygen atoms in total. The molecule has 1 aromatic rings. The number of hydrogen-bond acceptors (Lipinski definition) is 3. The standard InChI is InChI=1S/C7H7NO2/c1-6(9)10-7-3-2-4-8-5-7/h2-5H,1H3. The second kappa shape index (κ2) is 2.96. The van der Waals surface area contributed by atoms with E-state index in [1.807, 2.05) is 0 Å². The number of nitrogens with zero attached hydrogens (tertiary/aromatic N) is 1. The van der Waals surface area contributed by atoms with Gasteiger partial charge in [0.25, 0.3) is 0 Å². The molecule has 0 radical (unpaired) electrons. The Bertz CT molecular complexity index is 220. The van der Waals surface area contributed by atoms with Crippen molar-refractivity contribution >= 4 is 5.97 Å². The van der Waals surface area contributed by atoms with Gasteiger partial charge in [0.05, 0.1) is 6.20 Å². The molecule has 0 N–H and O–H groups in total. The van der Waals surface area contributed by atoms with Gasteiger partial charge in [-0.05, 0) is 12.1 Å². The molecule has 0 fully saturated rings.